The predicted molar refractivity (Wildman–Crippen MR) is 123 cm³/mol. The molecule has 2 N–H and O–H groups in total. The molecule has 0 aliphatic carbocycles. The second-order valence-corrected chi connectivity index (χ2v) is 9.12. The molecule has 0 radical (unpaired) electrons. The minimum absolute atomic E-state index is 0.00426. The van der Waals surface area contributed by atoms with Crippen LogP contribution in [0.1, 0.15) is 15.9 Å². The van der Waals surface area contributed by atoms with Crippen molar-refractivity contribution in [2.75, 3.05) is 17.9 Å². The maximum absolute atomic E-state index is 12.8. The number of carbonyl (C=O) groups is 1. The highest BCUT2D eigenvalue weighted by Gasteiger charge is 2.23. The van der Waals surface area contributed by atoms with Crippen molar-refractivity contribution in [1.82, 2.24) is 5.32 Å². The van der Waals surface area contributed by atoms with Crippen molar-refractivity contribution in [3.05, 3.63) is 87.9 Å². The van der Waals surface area contributed by atoms with Crippen LogP contribution < -0.4 is 14.8 Å². The fraction of sp³-hybridized carbons (Fsp3) is 0.136. The van der Waals surface area contributed by atoms with Gasteiger partial charge in [0.25, 0.3) is 15.9 Å². The molecule has 0 atom stereocenters. The van der Waals surface area contributed by atoms with Crippen LogP contribution in [0.15, 0.2) is 71.6 Å². The van der Waals surface area contributed by atoms with E-state index in [1.807, 2.05) is 31.2 Å². The summed E-state index contributed by atoms with van der Waals surface area (Å²) in [5.41, 5.74) is 1.27. The summed E-state index contributed by atoms with van der Waals surface area (Å²) >= 11 is 12.3. The van der Waals surface area contributed by atoms with E-state index < -0.39 is 15.9 Å². The van der Waals surface area contributed by atoms with Gasteiger partial charge < -0.3 is 10.1 Å². The molecule has 9 heteroatoms. The molecule has 1 amide bonds. The minimum atomic E-state index is -4.04. The number of sulfonamides is 1. The highest BCUT2D eigenvalue weighted by atomic mass is 35.5. The normalized spacial score (nSPS) is 11.1. The fourth-order valence-electron chi connectivity index (χ4n) is 2.77. The molecule has 0 bridgehead atoms. The lowest BCUT2D eigenvalue weighted by Crippen LogP contribution is -2.28. The summed E-state index contributed by atoms with van der Waals surface area (Å²) in [6.07, 6.45) is 0. The second kappa shape index (κ2) is 10.0. The Hall–Kier alpha value is -2.74. The number of anilines is 1. The smallest absolute Gasteiger partial charge is 0.263 e. The Morgan fingerprint density at radius 3 is 2.42 bits per heavy atom. The van der Waals surface area contributed by atoms with Crippen molar-refractivity contribution in [2.45, 2.75) is 11.8 Å². The number of ether oxygens (including phenoxy) is 1. The van der Waals surface area contributed by atoms with Gasteiger partial charge in [-0.1, -0.05) is 53.5 Å². The van der Waals surface area contributed by atoms with E-state index in [2.05, 4.69) is 10.0 Å². The summed E-state index contributed by atoms with van der Waals surface area (Å²) in [5, 5.41) is 2.61. The quantitative estimate of drug-likeness (QED) is 0.450. The number of hydrogen-bond acceptors (Lipinski definition) is 4. The van der Waals surface area contributed by atoms with Crippen molar-refractivity contribution in [3.8, 4) is 5.75 Å². The molecule has 162 valence electrons. The Balaban J connectivity index is 1.73. The molecular weight excluding hydrogens is 459 g/mol. The first-order chi connectivity index (χ1) is 14.8. The van der Waals surface area contributed by atoms with E-state index in [0.29, 0.717) is 11.4 Å². The maximum atomic E-state index is 12.8. The van der Waals surface area contributed by atoms with Crippen molar-refractivity contribution in [1.29, 1.82) is 0 Å². The van der Waals surface area contributed by atoms with Gasteiger partial charge in [-0.05, 0) is 48.9 Å². The average Bonchev–Trinajstić information content (AvgIpc) is 2.71. The Labute approximate surface area is 191 Å². The monoisotopic (exact) mass is 478 g/mol. The molecule has 0 saturated heterocycles. The molecule has 3 aromatic carbocycles. The first kappa shape index (κ1) is 22.9. The van der Waals surface area contributed by atoms with Gasteiger partial charge in [-0.3, -0.25) is 9.52 Å². The number of para-hydroxylation sites is 1. The number of rotatable bonds is 8. The summed E-state index contributed by atoms with van der Waals surface area (Å²) < 4.78 is 33.7. The third-order valence-electron chi connectivity index (χ3n) is 4.23. The van der Waals surface area contributed by atoms with Gasteiger partial charge in [-0.25, -0.2) is 8.42 Å². The number of halogens is 2. The Bertz CT molecular complexity index is 1190. The van der Waals surface area contributed by atoms with Crippen LogP contribution in [-0.4, -0.2) is 27.5 Å². The summed E-state index contributed by atoms with van der Waals surface area (Å²) in [6.45, 7) is 2.29. The van der Waals surface area contributed by atoms with Gasteiger partial charge in [0.1, 0.15) is 17.3 Å². The summed E-state index contributed by atoms with van der Waals surface area (Å²) in [4.78, 5) is 12.3. The molecule has 0 fully saturated rings. The first-order valence-corrected chi connectivity index (χ1v) is 11.5. The van der Waals surface area contributed by atoms with E-state index in [1.54, 1.807) is 30.3 Å². The van der Waals surface area contributed by atoms with Crippen LogP contribution in [0.4, 0.5) is 5.69 Å². The molecule has 3 aromatic rings. The average molecular weight is 479 g/mol. The standard InChI is InChI=1S/C22H20Cl2N2O4S/c1-15-6-5-7-16(12-15)26-31(28,29)21-13-18(19(23)14-20(21)24)22(27)25-10-11-30-17-8-3-2-4-9-17/h2-9,12-14,26H,10-11H2,1H3,(H,25,27). The topological polar surface area (TPSA) is 84.5 Å². The van der Waals surface area contributed by atoms with E-state index in [4.69, 9.17) is 27.9 Å². The van der Waals surface area contributed by atoms with Crippen molar-refractivity contribution < 1.29 is 17.9 Å². The number of benzene rings is 3. The fourth-order valence-corrected chi connectivity index (χ4v) is 4.68. The molecule has 0 aliphatic heterocycles. The molecule has 0 unspecified atom stereocenters. The molecule has 3 rings (SSSR count). The maximum Gasteiger partial charge on any atom is 0.263 e. The Kier molecular flexibility index (Phi) is 7.43. The molecule has 0 saturated carbocycles. The lowest BCUT2D eigenvalue weighted by atomic mass is 10.2. The van der Waals surface area contributed by atoms with Gasteiger partial charge in [0.05, 0.1) is 22.2 Å². The van der Waals surface area contributed by atoms with Crippen LogP contribution >= 0.6 is 23.2 Å². The zero-order valence-corrected chi connectivity index (χ0v) is 18.9. The molecule has 0 aliphatic rings. The van der Waals surface area contributed by atoms with Gasteiger partial charge in [-0.2, -0.15) is 0 Å². The molecule has 31 heavy (non-hydrogen) atoms. The van der Waals surface area contributed by atoms with Gasteiger partial charge in [0, 0.05) is 5.69 Å². The Morgan fingerprint density at radius 1 is 0.968 bits per heavy atom. The van der Waals surface area contributed by atoms with Crippen molar-refractivity contribution in [2.24, 2.45) is 0 Å². The van der Waals surface area contributed by atoms with Crippen LogP contribution in [0.5, 0.6) is 5.75 Å². The van der Waals surface area contributed by atoms with Crippen LogP contribution in [0, 0.1) is 6.92 Å². The molecular formula is C22H20Cl2N2O4S. The third-order valence-corrected chi connectivity index (χ3v) is 6.38. The lowest BCUT2D eigenvalue weighted by Gasteiger charge is -2.13. The first-order valence-electron chi connectivity index (χ1n) is 9.31. The van der Waals surface area contributed by atoms with Crippen LogP contribution in [-0.2, 0) is 10.0 Å². The number of aryl methyl sites for hydroxylation is 1. The minimum Gasteiger partial charge on any atom is -0.492 e. The Morgan fingerprint density at radius 2 is 1.71 bits per heavy atom. The van der Waals surface area contributed by atoms with Crippen molar-refractivity contribution >= 4 is 44.8 Å². The highest BCUT2D eigenvalue weighted by Crippen LogP contribution is 2.30. The van der Waals surface area contributed by atoms with Gasteiger partial charge in [-0.15, -0.1) is 0 Å². The molecule has 0 heterocycles. The molecule has 0 aromatic heterocycles. The number of amides is 1. The summed E-state index contributed by atoms with van der Waals surface area (Å²) in [6, 6.07) is 18.4. The zero-order valence-electron chi connectivity index (χ0n) is 16.6. The number of carbonyl (C=O) groups excluding carboxylic acids is 1. The largest absolute Gasteiger partial charge is 0.492 e. The summed E-state index contributed by atoms with van der Waals surface area (Å²) in [7, 11) is -4.04. The third kappa shape index (κ3) is 6.13. The van der Waals surface area contributed by atoms with Gasteiger partial charge in [0.2, 0.25) is 0 Å². The molecule has 6 nitrogen and oxygen atoms in total. The lowest BCUT2D eigenvalue weighted by molar-refractivity contribution is 0.0947. The number of nitrogens with one attached hydrogen (secondary N) is 2. The van der Waals surface area contributed by atoms with E-state index in [9.17, 15) is 13.2 Å². The van der Waals surface area contributed by atoms with Gasteiger partial charge in [0.15, 0.2) is 0 Å². The van der Waals surface area contributed by atoms with Crippen LogP contribution in [0.25, 0.3) is 0 Å². The van der Waals surface area contributed by atoms with E-state index >= 15 is 0 Å². The van der Waals surface area contributed by atoms with Crippen LogP contribution in [0.3, 0.4) is 0 Å². The second-order valence-electron chi connectivity index (χ2n) is 6.65. The van der Waals surface area contributed by atoms with Gasteiger partial charge >= 0.3 is 0 Å². The summed E-state index contributed by atoms with van der Waals surface area (Å²) in [5.74, 6) is 0.141. The van der Waals surface area contributed by atoms with Crippen LogP contribution in [0.2, 0.25) is 10.0 Å². The van der Waals surface area contributed by atoms with E-state index in [-0.39, 0.29) is 33.7 Å². The van der Waals surface area contributed by atoms with E-state index in [1.165, 1.54) is 6.07 Å². The predicted octanol–water partition coefficient (Wildman–Crippen LogP) is 4.91. The highest BCUT2D eigenvalue weighted by molar-refractivity contribution is 7.92. The van der Waals surface area contributed by atoms with E-state index in [0.717, 1.165) is 11.6 Å². The zero-order chi connectivity index (χ0) is 22.4. The SMILES string of the molecule is Cc1cccc(NS(=O)(=O)c2cc(C(=O)NCCOc3ccccc3)c(Cl)cc2Cl)c1. The molecule has 0 spiro atoms. The van der Waals surface area contributed by atoms with Crippen molar-refractivity contribution in [3.63, 3.8) is 0 Å². The number of hydrogen-bond donors (Lipinski definition) is 2.